The summed E-state index contributed by atoms with van der Waals surface area (Å²) in [6.45, 7) is 7.81. The minimum Gasteiger partial charge on any atom is -0.309 e. The van der Waals surface area contributed by atoms with Crippen LogP contribution < -0.4 is 5.32 Å². The Morgan fingerprint density at radius 2 is 1.79 bits per heavy atom. The normalized spacial score (nSPS) is 14.3. The van der Waals surface area contributed by atoms with Gasteiger partial charge in [-0.2, -0.15) is 11.8 Å². The molecule has 0 spiro atoms. The van der Waals surface area contributed by atoms with Gasteiger partial charge in [-0.25, -0.2) is 0 Å². The lowest BCUT2D eigenvalue weighted by Gasteiger charge is -2.27. The summed E-state index contributed by atoms with van der Waals surface area (Å²) >= 11 is 2.14. The minimum atomic E-state index is 0.489. The van der Waals surface area contributed by atoms with Crippen LogP contribution in [0, 0.1) is 0 Å². The highest BCUT2D eigenvalue weighted by atomic mass is 32.2. The third kappa shape index (κ3) is 6.01. The van der Waals surface area contributed by atoms with E-state index in [0.29, 0.717) is 11.3 Å². The van der Waals surface area contributed by atoms with Gasteiger partial charge in [0.15, 0.2) is 0 Å². The number of hydrogen-bond acceptors (Lipinski definition) is 2. The molecule has 0 bridgehead atoms. The summed E-state index contributed by atoms with van der Waals surface area (Å²) in [6, 6.07) is 11.4. The Balaban J connectivity index is 2.61. The molecule has 1 rings (SSSR count). The zero-order valence-corrected chi connectivity index (χ0v) is 13.5. The topological polar surface area (TPSA) is 12.0 Å². The molecule has 0 fully saturated rings. The van der Waals surface area contributed by atoms with E-state index in [1.807, 2.05) is 0 Å². The van der Waals surface area contributed by atoms with Gasteiger partial charge in [-0.1, -0.05) is 63.9 Å². The zero-order valence-electron chi connectivity index (χ0n) is 12.7. The fourth-order valence-corrected chi connectivity index (χ4v) is 3.74. The minimum absolute atomic E-state index is 0.489. The maximum absolute atomic E-state index is 3.67. The Labute approximate surface area is 123 Å². The zero-order chi connectivity index (χ0) is 13.9. The van der Waals surface area contributed by atoms with Crippen LogP contribution in [0.4, 0.5) is 0 Å². The van der Waals surface area contributed by atoms with Crippen molar-refractivity contribution in [2.24, 2.45) is 0 Å². The van der Waals surface area contributed by atoms with E-state index in [9.17, 15) is 0 Å². The molecular weight excluding hydrogens is 250 g/mol. The van der Waals surface area contributed by atoms with E-state index in [0.717, 1.165) is 6.54 Å². The van der Waals surface area contributed by atoms with Crippen LogP contribution in [-0.2, 0) is 0 Å². The van der Waals surface area contributed by atoms with Crippen LogP contribution in [0.2, 0.25) is 0 Å². The highest BCUT2D eigenvalue weighted by molar-refractivity contribution is 7.99. The molecule has 2 unspecified atom stereocenters. The Morgan fingerprint density at radius 3 is 2.37 bits per heavy atom. The molecule has 108 valence electrons. The maximum Gasteiger partial charge on any atom is 0.0440 e. The van der Waals surface area contributed by atoms with Gasteiger partial charge in [-0.05, 0) is 30.7 Å². The number of nitrogens with one attached hydrogen (secondary N) is 1. The highest BCUT2D eigenvalue weighted by Gasteiger charge is 2.20. The molecule has 1 nitrogen and oxygen atoms in total. The van der Waals surface area contributed by atoms with Crippen LogP contribution in [0.5, 0.6) is 0 Å². The van der Waals surface area contributed by atoms with E-state index in [1.54, 1.807) is 0 Å². The van der Waals surface area contributed by atoms with Gasteiger partial charge in [-0.15, -0.1) is 0 Å². The van der Waals surface area contributed by atoms with Gasteiger partial charge < -0.3 is 5.32 Å². The maximum atomic E-state index is 3.67. The number of thioether (sulfide) groups is 1. The molecule has 0 heterocycles. The van der Waals surface area contributed by atoms with E-state index in [1.165, 1.54) is 37.0 Å². The van der Waals surface area contributed by atoms with E-state index in [-0.39, 0.29) is 0 Å². The highest BCUT2D eigenvalue weighted by Crippen LogP contribution is 2.29. The second-order valence-corrected chi connectivity index (χ2v) is 6.32. The predicted molar refractivity (Wildman–Crippen MR) is 88.9 cm³/mol. The molecule has 0 aliphatic rings. The van der Waals surface area contributed by atoms with Gasteiger partial charge in [0, 0.05) is 11.3 Å². The molecule has 19 heavy (non-hydrogen) atoms. The van der Waals surface area contributed by atoms with Crippen molar-refractivity contribution in [1.29, 1.82) is 0 Å². The largest absolute Gasteiger partial charge is 0.309 e. The summed E-state index contributed by atoms with van der Waals surface area (Å²) in [7, 11) is 0. The van der Waals surface area contributed by atoms with Gasteiger partial charge in [0.25, 0.3) is 0 Å². The number of unbranched alkanes of at least 4 members (excludes halogenated alkanes) is 2. The molecule has 0 saturated carbocycles. The molecule has 1 N–H and O–H groups in total. The fourth-order valence-electron chi connectivity index (χ4n) is 2.38. The third-order valence-electron chi connectivity index (χ3n) is 3.44. The fraction of sp³-hybridized carbons (Fsp3) is 0.647. The first-order valence-electron chi connectivity index (χ1n) is 7.73. The molecule has 0 saturated heterocycles. The lowest BCUT2D eigenvalue weighted by atomic mass is 10.0. The number of benzene rings is 1. The van der Waals surface area contributed by atoms with Crippen LogP contribution in [-0.4, -0.2) is 17.5 Å². The Hall–Kier alpha value is -0.470. The SMILES string of the molecule is CCCCCSC(CC)C(NCC)c1ccccc1. The van der Waals surface area contributed by atoms with Gasteiger partial charge in [0.05, 0.1) is 0 Å². The number of rotatable bonds is 10. The molecule has 0 aromatic heterocycles. The van der Waals surface area contributed by atoms with Crippen molar-refractivity contribution in [3.8, 4) is 0 Å². The van der Waals surface area contributed by atoms with Crippen molar-refractivity contribution in [3.63, 3.8) is 0 Å². The first-order valence-corrected chi connectivity index (χ1v) is 8.78. The van der Waals surface area contributed by atoms with Gasteiger partial charge in [0.1, 0.15) is 0 Å². The summed E-state index contributed by atoms with van der Waals surface area (Å²) in [4.78, 5) is 0. The van der Waals surface area contributed by atoms with Gasteiger partial charge >= 0.3 is 0 Å². The smallest absolute Gasteiger partial charge is 0.0440 e. The Morgan fingerprint density at radius 1 is 1.05 bits per heavy atom. The van der Waals surface area contributed by atoms with Crippen LogP contribution >= 0.6 is 11.8 Å². The Bertz CT molecular complexity index is 312. The first-order chi connectivity index (χ1) is 9.33. The standard InChI is InChI=1S/C17H29NS/c1-4-7-11-14-19-16(5-2)17(18-6-3)15-12-9-8-10-13-15/h8-10,12-13,16-18H,4-7,11,14H2,1-3H3. The molecule has 1 aromatic rings. The average Bonchev–Trinajstić information content (AvgIpc) is 2.47. The van der Waals surface area contributed by atoms with Gasteiger partial charge in [-0.3, -0.25) is 0 Å². The molecule has 1 aromatic carbocycles. The molecule has 0 radical (unpaired) electrons. The van der Waals surface area contributed by atoms with Crippen LogP contribution in [0.3, 0.4) is 0 Å². The van der Waals surface area contributed by atoms with E-state index < -0.39 is 0 Å². The molecule has 2 heteroatoms. The van der Waals surface area contributed by atoms with Crippen molar-refractivity contribution >= 4 is 11.8 Å². The summed E-state index contributed by atoms with van der Waals surface area (Å²) < 4.78 is 0. The lowest BCUT2D eigenvalue weighted by molar-refractivity contribution is 0.521. The van der Waals surface area contributed by atoms with Crippen molar-refractivity contribution in [3.05, 3.63) is 35.9 Å². The summed E-state index contributed by atoms with van der Waals surface area (Å²) in [5, 5.41) is 4.35. The second-order valence-electron chi connectivity index (χ2n) is 4.97. The van der Waals surface area contributed by atoms with E-state index in [2.05, 4.69) is 68.2 Å². The lowest BCUT2D eigenvalue weighted by Crippen LogP contribution is -2.30. The summed E-state index contributed by atoms with van der Waals surface area (Å²) in [6.07, 6.45) is 5.25. The quantitative estimate of drug-likeness (QED) is 0.602. The molecule has 0 amide bonds. The Kier molecular flexibility index (Phi) is 9.02. The molecular formula is C17H29NS. The number of hydrogen-bond donors (Lipinski definition) is 1. The first kappa shape index (κ1) is 16.6. The van der Waals surface area contributed by atoms with Crippen molar-refractivity contribution < 1.29 is 0 Å². The summed E-state index contributed by atoms with van der Waals surface area (Å²) in [5.74, 6) is 1.29. The third-order valence-corrected chi connectivity index (χ3v) is 4.99. The van der Waals surface area contributed by atoms with Gasteiger partial charge in [0.2, 0.25) is 0 Å². The van der Waals surface area contributed by atoms with E-state index >= 15 is 0 Å². The average molecular weight is 279 g/mol. The summed E-state index contributed by atoms with van der Waals surface area (Å²) in [5.41, 5.74) is 1.43. The monoisotopic (exact) mass is 279 g/mol. The van der Waals surface area contributed by atoms with Crippen molar-refractivity contribution in [2.75, 3.05) is 12.3 Å². The van der Waals surface area contributed by atoms with Crippen molar-refractivity contribution in [1.82, 2.24) is 5.32 Å². The van der Waals surface area contributed by atoms with Crippen LogP contribution in [0.1, 0.15) is 58.1 Å². The van der Waals surface area contributed by atoms with Crippen LogP contribution in [0.25, 0.3) is 0 Å². The van der Waals surface area contributed by atoms with E-state index in [4.69, 9.17) is 0 Å². The molecule has 2 atom stereocenters. The molecule has 0 aliphatic carbocycles. The second kappa shape index (κ2) is 10.3. The predicted octanol–water partition coefficient (Wildman–Crippen LogP) is 5.04. The van der Waals surface area contributed by atoms with Crippen LogP contribution in [0.15, 0.2) is 30.3 Å². The molecule has 0 aliphatic heterocycles. The van der Waals surface area contributed by atoms with Crippen molar-refractivity contribution in [2.45, 2.75) is 57.7 Å².